The lowest BCUT2D eigenvalue weighted by Crippen LogP contribution is -2.04. The molecule has 0 saturated heterocycles. The molecule has 1 aromatic heterocycles. The van der Waals surface area contributed by atoms with Crippen molar-refractivity contribution in [1.29, 1.82) is 0 Å². The molecule has 3 nitrogen and oxygen atoms in total. The number of rotatable bonds is 4. The Morgan fingerprint density at radius 3 is 2.76 bits per heavy atom. The first kappa shape index (κ1) is 11.6. The van der Waals surface area contributed by atoms with E-state index in [4.69, 9.17) is 0 Å². The van der Waals surface area contributed by atoms with E-state index < -0.39 is 0 Å². The quantitative estimate of drug-likeness (QED) is 0.872. The number of benzene rings is 1. The van der Waals surface area contributed by atoms with Crippen LogP contribution in [0.3, 0.4) is 0 Å². The maximum absolute atomic E-state index is 4.37. The monoisotopic (exact) mass is 227 g/mol. The van der Waals surface area contributed by atoms with Crippen molar-refractivity contribution in [2.24, 2.45) is 0 Å². The van der Waals surface area contributed by atoms with E-state index in [0.29, 0.717) is 0 Å². The van der Waals surface area contributed by atoms with Crippen LogP contribution < -0.4 is 5.32 Å². The molecule has 2 rings (SSSR count). The van der Waals surface area contributed by atoms with E-state index in [1.165, 1.54) is 11.3 Å². The molecule has 1 heterocycles. The van der Waals surface area contributed by atoms with Crippen LogP contribution in [0.5, 0.6) is 0 Å². The van der Waals surface area contributed by atoms with Crippen molar-refractivity contribution >= 4 is 5.69 Å². The highest BCUT2D eigenvalue weighted by Gasteiger charge is 2.00. The third-order valence-electron chi connectivity index (χ3n) is 2.69. The predicted octanol–water partition coefficient (Wildman–Crippen LogP) is 2.96. The maximum atomic E-state index is 4.37. The van der Waals surface area contributed by atoms with Crippen LogP contribution in [0, 0.1) is 6.92 Å². The van der Waals surface area contributed by atoms with Gasteiger partial charge >= 0.3 is 0 Å². The van der Waals surface area contributed by atoms with Crippen molar-refractivity contribution in [3.8, 4) is 0 Å². The Hall–Kier alpha value is -1.90. The van der Waals surface area contributed by atoms with Gasteiger partial charge in [-0.1, -0.05) is 25.1 Å². The first-order chi connectivity index (χ1) is 8.29. The van der Waals surface area contributed by atoms with Crippen molar-refractivity contribution < 1.29 is 0 Å². The van der Waals surface area contributed by atoms with Gasteiger partial charge in [0.05, 0.1) is 12.2 Å². The van der Waals surface area contributed by atoms with E-state index in [0.717, 1.165) is 24.5 Å². The summed E-state index contributed by atoms with van der Waals surface area (Å²) in [7, 11) is 0. The minimum atomic E-state index is 0.736. The van der Waals surface area contributed by atoms with Gasteiger partial charge in [-0.15, -0.1) is 0 Å². The second-order valence-corrected chi connectivity index (χ2v) is 3.96. The number of hydrogen-bond acceptors (Lipinski definition) is 3. The Morgan fingerprint density at radius 2 is 2.00 bits per heavy atom. The minimum Gasteiger partial charge on any atom is -0.379 e. The molecule has 1 aromatic carbocycles. The third kappa shape index (κ3) is 3.03. The van der Waals surface area contributed by atoms with Crippen LogP contribution in [-0.2, 0) is 13.0 Å². The summed E-state index contributed by atoms with van der Waals surface area (Å²) in [6.07, 6.45) is 2.83. The molecule has 0 atom stereocenters. The molecule has 0 aliphatic heterocycles. The molecule has 0 radical (unpaired) electrons. The number of aryl methyl sites for hydroxylation is 2. The van der Waals surface area contributed by atoms with E-state index in [1.54, 1.807) is 6.20 Å². The number of hydrogen-bond donors (Lipinski definition) is 1. The largest absolute Gasteiger partial charge is 0.379 e. The SMILES string of the molecule is CCc1ccccc1NCc1ccnc(C)n1. The highest BCUT2D eigenvalue weighted by Crippen LogP contribution is 2.16. The Labute approximate surface area is 102 Å². The molecule has 1 N–H and O–H groups in total. The van der Waals surface area contributed by atoms with Crippen LogP contribution in [0.1, 0.15) is 24.0 Å². The number of para-hydroxylation sites is 1. The normalized spacial score (nSPS) is 10.2. The summed E-state index contributed by atoms with van der Waals surface area (Å²) in [5.41, 5.74) is 3.54. The van der Waals surface area contributed by atoms with E-state index in [-0.39, 0.29) is 0 Å². The molecular formula is C14H17N3. The van der Waals surface area contributed by atoms with Crippen molar-refractivity contribution in [3.05, 3.63) is 53.6 Å². The molecule has 0 spiro atoms. The van der Waals surface area contributed by atoms with E-state index >= 15 is 0 Å². The molecule has 0 bridgehead atoms. The molecule has 17 heavy (non-hydrogen) atoms. The number of nitrogens with one attached hydrogen (secondary N) is 1. The highest BCUT2D eigenvalue weighted by molar-refractivity contribution is 5.51. The van der Waals surface area contributed by atoms with Gasteiger partial charge in [0.25, 0.3) is 0 Å². The van der Waals surface area contributed by atoms with Crippen LogP contribution >= 0.6 is 0 Å². The predicted molar refractivity (Wildman–Crippen MR) is 69.9 cm³/mol. The molecule has 2 aromatic rings. The fourth-order valence-corrected chi connectivity index (χ4v) is 1.79. The second-order valence-electron chi connectivity index (χ2n) is 3.96. The van der Waals surface area contributed by atoms with Crippen LogP contribution in [0.4, 0.5) is 5.69 Å². The second kappa shape index (κ2) is 5.43. The van der Waals surface area contributed by atoms with Crippen LogP contribution in [-0.4, -0.2) is 9.97 Å². The summed E-state index contributed by atoms with van der Waals surface area (Å²) in [4.78, 5) is 8.46. The van der Waals surface area contributed by atoms with Gasteiger partial charge in [0.2, 0.25) is 0 Å². The Balaban J connectivity index is 2.07. The molecule has 0 saturated carbocycles. The minimum absolute atomic E-state index is 0.736. The number of aromatic nitrogens is 2. The third-order valence-corrected chi connectivity index (χ3v) is 2.69. The zero-order valence-corrected chi connectivity index (χ0v) is 10.3. The highest BCUT2D eigenvalue weighted by atomic mass is 14.9. The summed E-state index contributed by atoms with van der Waals surface area (Å²) in [5.74, 6) is 0.813. The average molecular weight is 227 g/mol. The van der Waals surface area contributed by atoms with E-state index in [2.05, 4.69) is 40.4 Å². The van der Waals surface area contributed by atoms with Crippen LogP contribution in [0.15, 0.2) is 36.5 Å². The van der Waals surface area contributed by atoms with Gasteiger partial charge in [0.1, 0.15) is 5.82 Å². The van der Waals surface area contributed by atoms with Crippen molar-refractivity contribution in [2.45, 2.75) is 26.8 Å². The molecule has 0 aliphatic carbocycles. The van der Waals surface area contributed by atoms with Gasteiger partial charge in [0.15, 0.2) is 0 Å². The molecule has 88 valence electrons. The van der Waals surface area contributed by atoms with Crippen LogP contribution in [0.25, 0.3) is 0 Å². The van der Waals surface area contributed by atoms with Gasteiger partial charge in [-0.05, 0) is 31.0 Å². The lowest BCUT2D eigenvalue weighted by molar-refractivity contribution is 0.952. The van der Waals surface area contributed by atoms with Gasteiger partial charge in [-0.2, -0.15) is 0 Å². The fourth-order valence-electron chi connectivity index (χ4n) is 1.79. The zero-order valence-electron chi connectivity index (χ0n) is 10.3. The van der Waals surface area contributed by atoms with Gasteiger partial charge < -0.3 is 5.32 Å². The fraction of sp³-hybridized carbons (Fsp3) is 0.286. The standard InChI is InChI=1S/C14H17N3/c1-3-12-6-4-5-7-14(12)16-10-13-8-9-15-11(2)17-13/h4-9,16H,3,10H2,1-2H3. The lowest BCUT2D eigenvalue weighted by atomic mass is 10.1. The number of nitrogens with zero attached hydrogens (tertiary/aromatic N) is 2. The van der Waals surface area contributed by atoms with Crippen molar-refractivity contribution in [3.63, 3.8) is 0 Å². The first-order valence-corrected chi connectivity index (χ1v) is 5.90. The molecule has 0 aliphatic rings. The van der Waals surface area contributed by atoms with Crippen molar-refractivity contribution in [2.75, 3.05) is 5.32 Å². The summed E-state index contributed by atoms with van der Waals surface area (Å²) < 4.78 is 0. The zero-order chi connectivity index (χ0) is 12.1. The first-order valence-electron chi connectivity index (χ1n) is 5.90. The van der Waals surface area contributed by atoms with Crippen molar-refractivity contribution in [1.82, 2.24) is 9.97 Å². The summed E-state index contributed by atoms with van der Waals surface area (Å²) in [6, 6.07) is 10.3. The van der Waals surface area contributed by atoms with E-state index in [9.17, 15) is 0 Å². The Kier molecular flexibility index (Phi) is 3.70. The summed E-state index contributed by atoms with van der Waals surface area (Å²) >= 11 is 0. The summed E-state index contributed by atoms with van der Waals surface area (Å²) in [6.45, 7) is 4.80. The molecule has 0 fully saturated rings. The molecule has 0 amide bonds. The Morgan fingerprint density at radius 1 is 1.18 bits per heavy atom. The van der Waals surface area contributed by atoms with E-state index in [1.807, 2.05) is 19.1 Å². The topological polar surface area (TPSA) is 37.8 Å². The smallest absolute Gasteiger partial charge is 0.125 e. The Bertz CT molecular complexity index is 494. The van der Waals surface area contributed by atoms with Gasteiger partial charge in [0, 0.05) is 11.9 Å². The van der Waals surface area contributed by atoms with Crippen LogP contribution in [0.2, 0.25) is 0 Å². The number of anilines is 1. The molecule has 0 unspecified atom stereocenters. The average Bonchev–Trinajstić information content (AvgIpc) is 2.37. The van der Waals surface area contributed by atoms with Gasteiger partial charge in [-0.25, -0.2) is 9.97 Å². The molecule has 3 heteroatoms. The van der Waals surface area contributed by atoms with Gasteiger partial charge in [-0.3, -0.25) is 0 Å². The lowest BCUT2D eigenvalue weighted by Gasteiger charge is -2.10. The summed E-state index contributed by atoms with van der Waals surface area (Å²) in [5, 5.41) is 3.42. The molecular weight excluding hydrogens is 210 g/mol. The maximum Gasteiger partial charge on any atom is 0.125 e.